The third kappa shape index (κ3) is 5.67. The zero-order valence-electron chi connectivity index (χ0n) is 16.3. The second-order valence-corrected chi connectivity index (χ2v) is 7.51. The molecule has 162 valence electrons. The average molecular weight is 467 g/mol. The van der Waals surface area contributed by atoms with Crippen molar-refractivity contribution in [1.82, 2.24) is 9.59 Å². The Morgan fingerprint density at radius 1 is 1.03 bits per heavy atom. The number of anilines is 4. The van der Waals surface area contributed by atoms with Crippen LogP contribution in [0, 0.1) is 0 Å². The number of aromatic nitrogens is 2. The summed E-state index contributed by atoms with van der Waals surface area (Å²) in [6, 6.07) is 10.7. The molecule has 0 aliphatic carbocycles. The van der Waals surface area contributed by atoms with Crippen LogP contribution in [-0.4, -0.2) is 34.7 Å². The Labute approximate surface area is 185 Å². The van der Waals surface area contributed by atoms with Gasteiger partial charge in [0.1, 0.15) is 5.56 Å². The molecule has 3 N–H and O–H groups in total. The maximum Gasteiger partial charge on any atom is 0.420 e. The topological polar surface area (TPSA) is 82.2 Å². The second kappa shape index (κ2) is 9.27. The summed E-state index contributed by atoms with van der Waals surface area (Å²) in [4.78, 5) is 13.4. The fraction of sp³-hybridized carbons (Fsp3) is 0.158. The summed E-state index contributed by atoms with van der Waals surface area (Å²) < 4.78 is 44.5. The number of hydrogen-bond acceptors (Lipinski definition) is 6. The van der Waals surface area contributed by atoms with Gasteiger partial charge in [0.2, 0.25) is 0 Å². The number of halogens is 3. The van der Waals surface area contributed by atoms with Crippen molar-refractivity contribution in [1.29, 1.82) is 0 Å². The number of thiocarbonyl (C=S) groups is 1. The minimum atomic E-state index is -4.56. The zero-order chi connectivity index (χ0) is 22.6. The fourth-order valence-electron chi connectivity index (χ4n) is 2.70. The lowest BCUT2D eigenvalue weighted by atomic mass is 10.1. The van der Waals surface area contributed by atoms with Gasteiger partial charge in [0, 0.05) is 30.9 Å². The van der Waals surface area contributed by atoms with E-state index in [0.717, 1.165) is 11.5 Å². The summed E-state index contributed by atoms with van der Waals surface area (Å²) in [7, 11) is 3.08. The van der Waals surface area contributed by atoms with Crippen LogP contribution in [0.5, 0.6) is 0 Å². The van der Waals surface area contributed by atoms with Crippen LogP contribution in [0.2, 0.25) is 0 Å². The molecule has 2 aromatic carbocycles. The molecule has 31 heavy (non-hydrogen) atoms. The van der Waals surface area contributed by atoms with E-state index in [0.29, 0.717) is 11.4 Å². The molecule has 0 unspecified atom stereocenters. The third-order valence-electron chi connectivity index (χ3n) is 4.05. The zero-order valence-corrected chi connectivity index (χ0v) is 18.0. The number of amides is 1. The summed E-state index contributed by atoms with van der Waals surface area (Å²) in [5.41, 5.74) is 0.313. The summed E-state index contributed by atoms with van der Waals surface area (Å²) >= 11 is 6.25. The van der Waals surface area contributed by atoms with E-state index in [4.69, 9.17) is 12.2 Å². The summed E-state index contributed by atoms with van der Waals surface area (Å²) in [6.07, 6.45) is -4.56. The normalized spacial score (nSPS) is 11.0. The van der Waals surface area contributed by atoms with Crippen LogP contribution in [-0.2, 0) is 6.18 Å². The lowest BCUT2D eigenvalue weighted by Crippen LogP contribution is -2.23. The number of alkyl halides is 3. The fourth-order valence-corrected chi connectivity index (χ4v) is 3.36. The van der Waals surface area contributed by atoms with E-state index >= 15 is 0 Å². The van der Waals surface area contributed by atoms with Crippen molar-refractivity contribution in [2.24, 2.45) is 0 Å². The molecular formula is C19H17F3N6OS2. The first-order valence-corrected chi connectivity index (χ1v) is 10.0. The highest BCUT2D eigenvalue weighted by Crippen LogP contribution is 2.41. The van der Waals surface area contributed by atoms with Crippen molar-refractivity contribution in [2.45, 2.75) is 6.18 Å². The average Bonchev–Trinajstić information content (AvgIpc) is 3.23. The highest BCUT2D eigenvalue weighted by Gasteiger charge is 2.37. The summed E-state index contributed by atoms with van der Waals surface area (Å²) in [6.45, 7) is 0. The van der Waals surface area contributed by atoms with Gasteiger partial charge in [0.25, 0.3) is 5.91 Å². The van der Waals surface area contributed by atoms with Crippen LogP contribution in [0.1, 0.15) is 16.1 Å². The first-order chi connectivity index (χ1) is 14.6. The van der Waals surface area contributed by atoms with Crippen molar-refractivity contribution in [2.75, 3.05) is 34.9 Å². The Morgan fingerprint density at radius 3 is 2.23 bits per heavy atom. The molecule has 0 spiro atoms. The van der Waals surface area contributed by atoms with Gasteiger partial charge in [-0.1, -0.05) is 10.6 Å². The number of nitrogens with one attached hydrogen (secondary N) is 3. The number of carbonyl (C=O) groups is 1. The van der Waals surface area contributed by atoms with Crippen molar-refractivity contribution in [3.05, 3.63) is 59.1 Å². The van der Waals surface area contributed by atoms with E-state index in [-0.39, 0.29) is 22.2 Å². The Balaban J connectivity index is 1.69. The SMILES string of the molecule is CN(C)c1cccc(NC(=S)Nc2ccc(NC(=O)c3csnn3)cc2)c1C(F)(F)F. The van der Waals surface area contributed by atoms with E-state index in [1.165, 1.54) is 42.6 Å². The molecule has 1 heterocycles. The molecule has 0 saturated carbocycles. The standard InChI is InChI=1S/C19H17F3N6OS2/c1-28(2)15-5-3-4-13(16(15)19(20,21)22)25-18(30)24-12-8-6-11(7-9-12)23-17(29)14-10-31-27-26-14/h3-10H,1-2H3,(H,23,29)(H2,24,25,30). The van der Waals surface area contributed by atoms with E-state index in [1.54, 1.807) is 24.3 Å². The van der Waals surface area contributed by atoms with Gasteiger partial charge in [-0.15, -0.1) is 5.10 Å². The number of carbonyl (C=O) groups excluding carboxylic acids is 1. The first kappa shape index (κ1) is 22.4. The van der Waals surface area contributed by atoms with Crippen molar-refractivity contribution in [3.8, 4) is 0 Å². The molecule has 0 aliphatic heterocycles. The number of rotatable bonds is 5. The maximum absolute atomic E-state index is 13.6. The molecule has 1 amide bonds. The lowest BCUT2D eigenvalue weighted by Gasteiger charge is -2.23. The predicted octanol–water partition coefficient (Wildman–Crippen LogP) is 4.68. The predicted molar refractivity (Wildman–Crippen MR) is 120 cm³/mol. The van der Waals surface area contributed by atoms with Gasteiger partial charge < -0.3 is 20.9 Å². The lowest BCUT2D eigenvalue weighted by molar-refractivity contribution is -0.136. The highest BCUT2D eigenvalue weighted by molar-refractivity contribution is 7.80. The highest BCUT2D eigenvalue weighted by atomic mass is 32.1. The van der Waals surface area contributed by atoms with Gasteiger partial charge in [0.15, 0.2) is 10.8 Å². The molecule has 7 nitrogen and oxygen atoms in total. The van der Waals surface area contributed by atoms with E-state index in [9.17, 15) is 18.0 Å². The Kier molecular flexibility index (Phi) is 6.71. The third-order valence-corrected chi connectivity index (χ3v) is 4.76. The molecule has 0 saturated heterocycles. The van der Waals surface area contributed by atoms with E-state index < -0.39 is 17.6 Å². The minimum absolute atomic E-state index is 0.00765. The number of hydrogen-bond donors (Lipinski definition) is 3. The van der Waals surface area contributed by atoms with Crippen LogP contribution in [0.15, 0.2) is 47.8 Å². The van der Waals surface area contributed by atoms with E-state index in [2.05, 4.69) is 25.5 Å². The van der Waals surface area contributed by atoms with Gasteiger partial charge in [-0.25, -0.2) is 0 Å². The molecule has 1 aromatic heterocycles. The largest absolute Gasteiger partial charge is 0.420 e. The molecule has 0 fully saturated rings. The quantitative estimate of drug-likeness (QED) is 0.471. The number of nitrogens with zero attached hydrogens (tertiary/aromatic N) is 3. The monoisotopic (exact) mass is 466 g/mol. The molecule has 3 aromatic rings. The maximum atomic E-state index is 13.6. The van der Waals surface area contributed by atoms with Gasteiger partial charge in [-0.3, -0.25) is 4.79 Å². The molecular weight excluding hydrogens is 449 g/mol. The van der Waals surface area contributed by atoms with Gasteiger partial charge in [-0.2, -0.15) is 13.2 Å². The van der Waals surface area contributed by atoms with Gasteiger partial charge in [0.05, 0.1) is 11.4 Å². The molecule has 0 atom stereocenters. The van der Waals surface area contributed by atoms with Crippen LogP contribution in [0.4, 0.5) is 35.9 Å². The van der Waals surface area contributed by atoms with Crippen LogP contribution >= 0.6 is 23.8 Å². The second-order valence-electron chi connectivity index (χ2n) is 6.49. The van der Waals surface area contributed by atoms with Gasteiger partial charge >= 0.3 is 6.18 Å². The van der Waals surface area contributed by atoms with Crippen LogP contribution in [0.25, 0.3) is 0 Å². The Bertz CT molecular complexity index is 1070. The molecule has 0 bridgehead atoms. The first-order valence-electron chi connectivity index (χ1n) is 8.79. The summed E-state index contributed by atoms with van der Waals surface area (Å²) in [5, 5.41) is 13.3. The van der Waals surface area contributed by atoms with Crippen LogP contribution < -0.4 is 20.9 Å². The van der Waals surface area contributed by atoms with Crippen LogP contribution in [0.3, 0.4) is 0 Å². The molecule has 0 radical (unpaired) electrons. The molecule has 12 heteroatoms. The Morgan fingerprint density at radius 2 is 1.68 bits per heavy atom. The summed E-state index contributed by atoms with van der Waals surface area (Å²) in [5.74, 6) is -0.396. The minimum Gasteiger partial charge on any atom is -0.377 e. The number of benzene rings is 2. The van der Waals surface area contributed by atoms with E-state index in [1.807, 2.05) is 0 Å². The molecule has 3 rings (SSSR count). The van der Waals surface area contributed by atoms with Crippen molar-refractivity contribution >= 4 is 57.5 Å². The van der Waals surface area contributed by atoms with Crippen molar-refractivity contribution < 1.29 is 18.0 Å². The Hall–Kier alpha value is -3.25. The smallest absolute Gasteiger partial charge is 0.377 e. The molecule has 0 aliphatic rings. The van der Waals surface area contributed by atoms with Crippen molar-refractivity contribution in [3.63, 3.8) is 0 Å². The van der Waals surface area contributed by atoms with Gasteiger partial charge in [-0.05, 0) is 60.1 Å².